The van der Waals surface area contributed by atoms with E-state index in [2.05, 4.69) is 27.0 Å². The van der Waals surface area contributed by atoms with Crippen molar-refractivity contribution in [2.75, 3.05) is 0 Å². The molecule has 0 spiro atoms. The second-order valence-corrected chi connectivity index (χ2v) is 5.40. The van der Waals surface area contributed by atoms with Gasteiger partial charge in [0.25, 0.3) is 0 Å². The molecular formula is C13H9BrN2S. The number of halogens is 1. The van der Waals surface area contributed by atoms with E-state index in [1.54, 1.807) is 18.0 Å². The van der Waals surface area contributed by atoms with Gasteiger partial charge in [0, 0.05) is 11.1 Å². The summed E-state index contributed by atoms with van der Waals surface area (Å²) < 4.78 is 0.979. The minimum atomic E-state index is 0.717. The second kappa shape index (κ2) is 5.35. The lowest BCUT2D eigenvalue weighted by Crippen LogP contribution is -1.84. The van der Waals surface area contributed by atoms with Crippen LogP contribution in [-0.4, -0.2) is 4.98 Å². The number of nitriles is 1. The zero-order valence-corrected chi connectivity index (χ0v) is 11.5. The molecule has 0 aliphatic carbocycles. The van der Waals surface area contributed by atoms with E-state index in [0.717, 1.165) is 25.5 Å². The lowest BCUT2D eigenvalue weighted by molar-refractivity contribution is 1.11. The summed E-state index contributed by atoms with van der Waals surface area (Å²) in [7, 11) is 0. The zero-order chi connectivity index (χ0) is 12.3. The molecule has 0 aliphatic heterocycles. The molecule has 0 fully saturated rings. The summed E-state index contributed by atoms with van der Waals surface area (Å²) in [5, 5.41) is 9.79. The molecule has 17 heavy (non-hydrogen) atoms. The normalized spacial score (nSPS) is 9.94. The Bertz CT molecular complexity index is 590. The van der Waals surface area contributed by atoms with Crippen LogP contribution in [0.5, 0.6) is 0 Å². The van der Waals surface area contributed by atoms with E-state index in [9.17, 15) is 0 Å². The molecule has 0 bridgehead atoms. The number of aromatic nitrogens is 1. The molecule has 0 saturated heterocycles. The summed E-state index contributed by atoms with van der Waals surface area (Å²) in [5.41, 5.74) is 1.71. The molecule has 4 heteroatoms. The van der Waals surface area contributed by atoms with Crippen LogP contribution in [0.4, 0.5) is 0 Å². The molecule has 0 radical (unpaired) electrons. The molecule has 0 amide bonds. The molecule has 0 unspecified atom stereocenters. The van der Waals surface area contributed by atoms with Crippen molar-refractivity contribution in [3.63, 3.8) is 0 Å². The van der Waals surface area contributed by atoms with Gasteiger partial charge in [-0.05, 0) is 58.7 Å². The number of pyridine rings is 1. The Labute approximate surface area is 113 Å². The summed E-state index contributed by atoms with van der Waals surface area (Å²) in [6.45, 7) is 1.94. The van der Waals surface area contributed by atoms with E-state index in [-0.39, 0.29) is 0 Å². The van der Waals surface area contributed by atoms with Gasteiger partial charge in [0.05, 0.1) is 16.1 Å². The summed E-state index contributed by atoms with van der Waals surface area (Å²) >= 11 is 5.04. The highest BCUT2D eigenvalue weighted by molar-refractivity contribution is 9.10. The van der Waals surface area contributed by atoms with Crippen molar-refractivity contribution in [2.45, 2.75) is 16.8 Å². The maximum atomic E-state index is 8.87. The fraction of sp³-hybridized carbons (Fsp3) is 0.0769. The first-order valence-corrected chi connectivity index (χ1v) is 6.61. The first kappa shape index (κ1) is 12.2. The van der Waals surface area contributed by atoms with Crippen LogP contribution in [-0.2, 0) is 0 Å². The fourth-order valence-electron chi connectivity index (χ4n) is 1.38. The third-order valence-corrected chi connectivity index (χ3v) is 4.17. The maximum absolute atomic E-state index is 8.87. The van der Waals surface area contributed by atoms with Crippen molar-refractivity contribution < 1.29 is 0 Å². The Hall–Kier alpha value is -1.31. The molecule has 1 aromatic heterocycles. The first-order chi connectivity index (χ1) is 8.20. The third kappa shape index (κ3) is 2.87. The molecule has 2 aromatic rings. The van der Waals surface area contributed by atoms with Gasteiger partial charge < -0.3 is 0 Å². The van der Waals surface area contributed by atoms with Gasteiger partial charge in [0.2, 0.25) is 0 Å². The van der Waals surface area contributed by atoms with Gasteiger partial charge in [0.1, 0.15) is 5.03 Å². The highest BCUT2D eigenvalue weighted by Gasteiger charge is 2.05. The Balaban J connectivity index is 2.29. The number of rotatable bonds is 2. The van der Waals surface area contributed by atoms with Crippen LogP contribution in [0.2, 0.25) is 0 Å². The zero-order valence-electron chi connectivity index (χ0n) is 9.14. The molecule has 1 heterocycles. The van der Waals surface area contributed by atoms with E-state index >= 15 is 0 Å². The van der Waals surface area contributed by atoms with Gasteiger partial charge >= 0.3 is 0 Å². The van der Waals surface area contributed by atoms with Crippen LogP contribution in [0.25, 0.3) is 0 Å². The van der Waals surface area contributed by atoms with Crippen molar-refractivity contribution in [3.8, 4) is 6.07 Å². The highest BCUT2D eigenvalue weighted by atomic mass is 79.9. The number of aryl methyl sites for hydroxylation is 1. The van der Waals surface area contributed by atoms with E-state index < -0.39 is 0 Å². The van der Waals surface area contributed by atoms with E-state index in [1.807, 2.05) is 37.3 Å². The molecule has 2 rings (SSSR count). The standard InChI is InChI=1S/C13H9BrN2S/c1-9-7-11(5-4-10(9)8-15)17-13-12(14)3-2-6-16-13/h2-7H,1H3. The Kier molecular flexibility index (Phi) is 3.82. The van der Waals surface area contributed by atoms with E-state index in [4.69, 9.17) is 5.26 Å². The van der Waals surface area contributed by atoms with Gasteiger partial charge in [-0.25, -0.2) is 4.98 Å². The summed E-state index contributed by atoms with van der Waals surface area (Å²) in [5.74, 6) is 0. The van der Waals surface area contributed by atoms with Crippen molar-refractivity contribution in [2.24, 2.45) is 0 Å². The predicted molar refractivity (Wildman–Crippen MR) is 72.0 cm³/mol. The van der Waals surface area contributed by atoms with Gasteiger partial charge in [0.15, 0.2) is 0 Å². The van der Waals surface area contributed by atoms with Crippen LogP contribution in [0.15, 0.2) is 50.9 Å². The largest absolute Gasteiger partial charge is 0.248 e. The third-order valence-electron chi connectivity index (χ3n) is 2.26. The number of hydrogen-bond acceptors (Lipinski definition) is 3. The van der Waals surface area contributed by atoms with Crippen molar-refractivity contribution in [3.05, 3.63) is 52.1 Å². The van der Waals surface area contributed by atoms with Crippen molar-refractivity contribution in [1.82, 2.24) is 4.98 Å². The average Bonchev–Trinajstić information content (AvgIpc) is 2.32. The number of benzene rings is 1. The highest BCUT2D eigenvalue weighted by Crippen LogP contribution is 2.32. The molecule has 0 aliphatic rings. The molecule has 84 valence electrons. The average molecular weight is 305 g/mol. The van der Waals surface area contributed by atoms with Gasteiger partial charge in [-0.1, -0.05) is 11.8 Å². The van der Waals surface area contributed by atoms with Crippen LogP contribution < -0.4 is 0 Å². The summed E-state index contributed by atoms with van der Waals surface area (Å²) in [6, 6.07) is 11.8. The molecular weight excluding hydrogens is 296 g/mol. The first-order valence-electron chi connectivity index (χ1n) is 5.00. The van der Waals surface area contributed by atoms with Crippen molar-refractivity contribution >= 4 is 27.7 Å². The topological polar surface area (TPSA) is 36.7 Å². The Morgan fingerprint density at radius 3 is 2.82 bits per heavy atom. The summed E-state index contributed by atoms with van der Waals surface area (Å²) in [6.07, 6.45) is 1.77. The second-order valence-electron chi connectivity index (χ2n) is 3.48. The smallest absolute Gasteiger partial charge is 0.115 e. The Morgan fingerprint density at radius 2 is 2.18 bits per heavy atom. The van der Waals surface area contributed by atoms with E-state index in [1.165, 1.54) is 0 Å². The molecule has 1 aromatic carbocycles. The van der Waals surface area contributed by atoms with Crippen LogP contribution in [0.1, 0.15) is 11.1 Å². The van der Waals surface area contributed by atoms with Crippen LogP contribution >= 0.6 is 27.7 Å². The van der Waals surface area contributed by atoms with Gasteiger partial charge in [-0.3, -0.25) is 0 Å². The van der Waals surface area contributed by atoms with E-state index in [0.29, 0.717) is 0 Å². The lowest BCUT2D eigenvalue weighted by Gasteiger charge is -2.04. The SMILES string of the molecule is Cc1cc(Sc2ncccc2Br)ccc1C#N. The van der Waals surface area contributed by atoms with Crippen LogP contribution in [0, 0.1) is 18.3 Å². The monoisotopic (exact) mass is 304 g/mol. The quantitative estimate of drug-likeness (QED) is 0.835. The molecule has 0 N–H and O–H groups in total. The fourth-order valence-corrected chi connectivity index (χ4v) is 2.75. The minimum absolute atomic E-state index is 0.717. The molecule has 2 nitrogen and oxygen atoms in total. The summed E-state index contributed by atoms with van der Waals surface area (Å²) in [4.78, 5) is 5.38. The minimum Gasteiger partial charge on any atom is -0.248 e. The number of hydrogen-bond donors (Lipinski definition) is 0. The van der Waals surface area contributed by atoms with Gasteiger partial charge in [-0.2, -0.15) is 5.26 Å². The molecule has 0 atom stereocenters. The predicted octanol–water partition coefficient (Wildman–Crippen LogP) is 4.18. The van der Waals surface area contributed by atoms with Crippen molar-refractivity contribution in [1.29, 1.82) is 5.26 Å². The van der Waals surface area contributed by atoms with Crippen LogP contribution in [0.3, 0.4) is 0 Å². The maximum Gasteiger partial charge on any atom is 0.115 e. The van der Waals surface area contributed by atoms with Gasteiger partial charge in [-0.15, -0.1) is 0 Å². The molecule has 0 saturated carbocycles. The number of nitrogens with zero attached hydrogens (tertiary/aromatic N) is 2. The Morgan fingerprint density at radius 1 is 1.35 bits per heavy atom. The lowest BCUT2D eigenvalue weighted by atomic mass is 10.1.